The first-order chi connectivity index (χ1) is 15.1. The van der Waals surface area contributed by atoms with Gasteiger partial charge in [0.1, 0.15) is 5.69 Å². The van der Waals surface area contributed by atoms with Crippen LogP contribution in [-0.4, -0.2) is 34.3 Å². The number of likely N-dealkylation sites (tertiary alicyclic amines) is 1. The van der Waals surface area contributed by atoms with E-state index in [9.17, 15) is 9.59 Å². The van der Waals surface area contributed by atoms with E-state index < -0.39 is 0 Å². The Balaban J connectivity index is 1.41. The van der Waals surface area contributed by atoms with Crippen LogP contribution in [0.4, 0.5) is 5.69 Å². The largest absolute Gasteiger partial charge is 0.368 e. The van der Waals surface area contributed by atoms with Crippen molar-refractivity contribution in [1.29, 1.82) is 0 Å². The smallest absolute Gasteiger partial charge is 0.272 e. The first kappa shape index (κ1) is 19.3. The maximum atomic E-state index is 13.1. The zero-order valence-corrected chi connectivity index (χ0v) is 17.1. The molecule has 1 aromatic heterocycles. The maximum Gasteiger partial charge on any atom is 0.272 e. The van der Waals surface area contributed by atoms with Crippen molar-refractivity contribution in [3.05, 3.63) is 78.0 Å². The number of amides is 2. The minimum atomic E-state index is -0.288. The molecule has 4 N–H and O–H groups in total. The molecule has 156 valence electrons. The number of primary amides is 1. The minimum absolute atomic E-state index is 0.194. The van der Waals surface area contributed by atoms with Gasteiger partial charge in [0.25, 0.3) is 5.91 Å². The number of aromatic amines is 1. The number of nitrogens with zero attached hydrogens (tertiary/aromatic N) is 1. The summed E-state index contributed by atoms with van der Waals surface area (Å²) in [5, 5.41) is 6.32. The molecule has 0 aliphatic carbocycles. The molecule has 0 saturated carbocycles. The van der Waals surface area contributed by atoms with Crippen LogP contribution in [-0.2, 0) is 11.3 Å². The summed E-state index contributed by atoms with van der Waals surface area (Å²) in [6, 6.07) is 21.6. The molecular formula is C25H24N4O2. The number of rotatable bonds is 5. The van der Waals surface area contributed by atoms with Crippen molar-refractivity contribution in [2.45, 2.75) is 25.4 Å². The SMILES string of the molecule is NC(=O)C1CCCN1Cc1ccccc1NC(=O)c1cc2c(ccc3ccccc32)[nH]1. The number of nitrogens with two attached hydrogens (primary N) is 1. The molecule has 1 fully saturated rings. The van der Waals surface area contributed by atoms with Crippen molar-refractivity contribution in [1.82, 2.24) is 9.88 Å². The van der Waals surface area contributed by atoms with Gasteiger partial charge in [-0.25, -0.2) is 0 Å². The van der Waals surface area contributed by atoms with E-state index in [-0.39, 0.29) is 17.9 Å². The number of carbonyl (C=O) groups excluding carboxylic acids is 2. The van der Waals surface area contributed by atoms with E-state index in [0.717, 1.165) is 52.3 Å². The van der Waals surface area contributed by atoms with Gasteiger partial charge in [0.15, 0.2) is 0 Å². The van der Waals surface area contributed by atoms with E-state index in [1.165, 1.54) is 0 Å². The van der Waals surface area contributed by atoms with Gasteiger partial charge in [-0.1, -0.05) is 48.5 Å². The van der Waals surface area contributed by atoms with Gasteiger partial charge in [0.2, 0.25) is 5.91 Å². The van der Waals surface area contributed by atoms with Crippen LogP contribution in [0.3, 0.4) is 0 Å². The summed E-state index contributed by atoms with van der Waals surface area (Å²) >= 11 is 0. The number of hydrogen-bond donors (Lipinski definition) is 3. The molecular weight excluding hydrogens is 388 g/mol. The fourth-order valence-corrected chi connectivity index (χ4v) is 4.53. The fraction of sp³-hybridized carbons (Fsp3) is 0.200. The van der Waals surface area contributed by atoms with Crippen LogP contribution in [0.2, 0.25) is 0 Å². The third-order valence-electron chi connectivity index (χ3n) is 6.10. The number of aromatic nitrogens is 1. The second-order valence-corrected chi connectivity index (χ2v) is 8.07. The molecule has 0 radical (unpaired) electrons. The molecule has 1 saturated heterocycles. The average molecular weight is 412 g/mol. The molecule has 5 rings (SSSR count). The molecule has 2 heterocycles. The lowest BCUT2D eigenvalue weighted by Crippen LogP contribution is -2.39. The van der Waals surface area contributed by atoms with Crippen molar-refractivity contribution in [3.63, 3.8) is 0 Å². The third-order valence-corrected chi connectivity index (χ3v) is 6.10. The number of hydrogen-bond acceptors (Lipinski definition) is 3. The topological polar surface area (TPSA) is 91.2 Å². The van der Waals surface area contributed by atoms with Crippen molar-refractivity contribution in [2.24, 2.45) is 5.73 Å². The molecule has 3 aromatic carbocycles. The van der Waals surface area contributed by atoms with Crippen LogP contribution >= 0.6 is 0 Å². The number of fused-ring (bicyclic) bond motifs is 3. The molecule has 1 atom stereocenters. The van der Waals surface area contributed by atoms with E-state index in [2.05, 4.69) is 33.4 Å². The summed E-state index contributed by atoms with van der Waals surface area (Å²) in [4.78, 5) is 30.1. The molecule has 1 aliphatic rings. The van der Waals surface area contributed by atoms with E-state index in [4.69, 9.17) is 5.73 Å². The Labute approximate surface area is 180 Å². The predicted molar refractivity (Wildman–Crippen MR) is 123 cm³/mol. The van der Waals surface area contributed by atoms with E-state index in [0.29, 0.717) is 12.2 Å². The van der Waals surface area contributed by atoms with Crippen LogP contribution in [0.25, 0.3) is 21.7 Å². The van der Waals surface area contributed by atoms with Crippen LogP contribution in [0.15, 0.2) is 66.7 Å². The second-order valence-electron chi connectivity index (χ2n) is 8.07. The Kier molecular flexibility index (Phi) is 4.92. The summed E-state index contributed by atoms with van der Waals surface area (Å²) < 4.78 is 0. The van der Waals surface area contributed by atoms with Gasteiger partial charge in [-0.3, -0.25) is 14.5 Å². The molecule has 0 bridgehead atoms. The van der Waals surface area contributed by atoms with Crippen molar-refractivity contribution in [3.8, 4) is 0 Å². The number of anilines is 1. The molecule has 1 aliphatic heterocycles. The average Bonchev–Trinajstić information content (AvgIpc) is 3.42. The summed E-state index contributed by atoms with van der Waals surface area (Å²) in [6.07, 6.45) is 1.73. The van der Waals surface area contributed by atoms with Gasteiger partial charge in [-0.15, -0.1) is 0 Å². The molecule has 1 unspecified atom stereocenters. The number of nitrogens with one attached hydrogen (secondary N) is 2. The van der Waals surface area contributed by atoms with Crippen LogP contribution in [0.5, 0.6) is 0 Å². The van der Waals surface area contributed by atoms with Gasteiger partial charge in [0.05, 0.1) is 6.04 Å². The first-order valence-corrected chi connectivity index (χ1v) is 10.5. The predicted octanol–water partition coefficient (Wildman–Crippen LogP) is 4.02. The second kappa shape index (κ2) is 7.89. The molecule has 6 nitrogen and oxygen atoms in total. The van der Waals surface area contributed by atoms with Gasteiger partial charge < -0.3 is 16.0 Å². The van der Waals surface area contributed by atoms with E-state index in [1.807, 2.05) is 48.5 Å². The van der Waals surface area contributed by atoms with Gasteiger partial charge in [-0.05, 0) is 53.9 Å². The zero-order valence-electron chi connectivity index (χ0n) is 17.1. The number of H-pyrrole nitrogens is 1. The molecule has 2 amide bonds. The summed E-state index contributed by atoms with van der Waals surface area (Å²) in [5.74, 6) is -0.482. The Bertz CT molecular complexity index is 1290. The van der Waals surface area contributed by atoms with E-state index >= 15 is 0 Å². The van der Waals surface area contributed by atoms with Crippen molar-refractivity contribution < 1.29 is 9.59 Å². The summed E-state index contributed by atoms with van der Waals surface area (Å²) in [7, 11) is 0. The number of carbonyl (C=O) groups is 2. The highest BCUT2D eigenvalue weighted by molar-refractivity contribution is 6.12. The Morgan fingerprint density at radius 2 is 1.84 bits per heavy atom. The molecule has 0 spiro atoms. The lowest BCUT2D eigenvalue weighted by Gasteiger charge is -2.23. The quantitative estimate of drug-likeness (QED) is 0.462. The highest BCUT2D eigenvalue weighted by atomic mass is 16.2. The zero-order chi connectivity index (χ0) is 21.4. The van der Waals surface area contributed by atoms with Gasteiger partial charge >= 0.3 is 0 Å². The van der Waals surface area contributed by atoms with Crippen LogP contribution in [0, 0.1) is 0 Å². The number of para-hydroxylation sites is 1. The summed E-state index contributed by atoms with van der Waals surface area (Å²) in [5.41, 5.74) is 8.70. The highest BCUT2D eigenvalue weighted by Crippen LogP contribution is 2.27. The van der Waals surface area contributed by atoms with Gasteiger partial charge in [0, 0.05) is 23.1 Å². The third kappa shape index (κ3) is 3.66. The minimum Gasteiger partial charge on any atom is -0.368 e. The van der Waals surface area contributed by atoms with Crippen LogP contribution in [0.1, 0.15) is 28.9 Å². The highest BCUT2D eigenvalue weighted by Gasteiger charge is 2.29. The lowest BCUT2D eigenvalue weighted by molar-refractivity contribution is -0.122. The monoisotopic (exact) mass is 412 g/mol. The van der Waals surface area contributed by atoms with Crippen LogP contribution < -0.4 is 11.1 Å². The Morgan fingerprint density at radius 1 is 1.03 bits per heavy atom. The van der Waals surface area contributed by atoms with Gasteiger partial charge in [-0.2, -0.15) is 0 Å². The number of benzene rings is 3. The standard InChI is InChI=1S/C25H24N4O2/c26-24(30)23-10-5-13-29(23)15-17-7-2-4-9-20(17)28-25(31)22-14-19-18-8-3-1-6-16(18)11-12-21(19)27-22/h1-4,6-9,11-12,14,23,27H,5,10,13,15H2,(H2,26,30)(H,28,31). The van der Waals surface area contributed by atoms with E-state index in [1.54, 1.807) is 0 Å². The fourth-order valence-electron chi connectivity index (χ4n) is 4.53. The Hall–Kier alpha value is -3.64. The molecule has 4 aromatic rings. The maximum absolute atomic E-state index is 13.1. The normalized spacial score (nSPS) is 16.7. The Morgan fingerprint density at radius 3 is 2.71 bits per heavy atom. The molecule has 6 heteroatoms. The van der Waals surface area contributed by atoms with Crippen molar-refractivity contribution in [2.75, 3.05) is 11.9 Å². The summed E-state index contributed by atoms with van der Waals surface area (Å²) in [6.45, 7) is 1.40. The lowest BCUT2D eigenvalue weighted by atomic mass is 10.1. The van der Waals surface area contributed by atoms with Crippen molar-refractivity contribution >= 4 is 39.2 Å². The molecule has 31 heavy (non-hydrogen) atoms. The first-order valence-electron chi connectivity index (χ1n) is 10.5.